The van der Waals surface area contributed by atoms with Crippen LogP contribution in [0.4, 0.5) is 0 Å². The molecule has 0 fully saturated rings. The van der Waals surface area contributed by atoms with Gasteiger partial charge in [-0.1, -0.05) is 0 Å². The predicted octanol–water partition coefficient (Wildman–Crippen LogP) is 0.357. The summed E-state index contributed by atoms with van der Waals surface area (Å²) >= 11 is 0. The van der Waals surface area contributed by atoms with Gasteiger partial charge in [0.05, 0.1) is 17.7 Å². The van der Waals surface area contributed by atoms with Gasteiger partial charge in [-0.2, -0.15) is 0 Å². The number of esters is 1. The first kappa shape index (κ1) is 10.2. The summed E-state index contributed by atoms with van der Waals surface area (Å²) in [5, 5.41) is 0. The maximum atomic E-state index is 11.2. The Bertz CT molecular complexity index is 363. The van der Waals surface area contributed by atoms with Gasteiger partial charge in [-0.3, -0.25) is 9.78 Å². The number of pyridine rings is 1. The van der Waals surface area contributed by atoms with Crippen molar-refractivity contribution in [3.8, 4) is 0 Å². The molecule has 0 aliphatic carbocycles. The molecule has 0 unspecified atom stereocenters. The van der Waals surface area contributed by atoms with Gasteiger partial charge < -0.3 is 10.5 Å². The monoisotopic (exact) mass is 194 g/mol. The fraction of sp³-hybridized carbons (Fsp3) is 0.222. The minimum absolute atomic E-state index is 0.190. The third kappa shape index (κ3) is 2.29. The van der Waals surface area contributed by atoms with E-state index in [1.807, 2.05) is 0 Å². The molecule has 0 saturated carbocycles. The van der Waals surface area contributed by atoms with Gasteiger partial charge in [0, 0.05) is 12.4 Å². The van der Waals surface area contributed by atoms with Crippen LogP contribution in [0.3, 0.4) is 0 Å². The third-order valence-electron chi connectivity index (χ3n) is 1.53. The second-order valence-electron chi connectivity index (χ2n) is 2.55. The Morgan fingerprint density at radius 3 is 2.64 bits per heavy atom. The van der Waals surface area contributed by atoms with Gasteiger partial charge in [-0.25, -0.2) is 4.79 Å². The molecule has 2 N–H and O–H groups in total. The van der Waals surface area contributed by atoms with Crippen LogP contribution in [0, 0.1) is 0 Å². The topological polar surface area (TPSA) is 82.3 Å². The molecule has 0 atom stereocenters. The normalized spacial score (nSPS) is 9.50. The SMILES string of the molecule is CCOC(=O)c1cncc(C(N)=O)c1. The maximum absolute atomic E-state index is 11.2. The smallest absolute Gasteiger partial charge is 0.339 e. The summed E-state index contributed by atoms with van der Waals surface area (Å²) in [4.78, 5) is 25.7. The van der Waals surface area contributed by atoms with Crippen molar-refractivity contribution in [1.29, 1.82) is 0 Å². The quantitative estimate of drug-likeness (QED) is 0.704. The minimum atomic E-state index is -0.622. The molecule has 0 spiro atoms. The number of carbonyl (C=O) groups excluding carboxylic acids is 2. The average Bonchev–Trinajstić information content (AvgIpc) is 2.18. The van der Waals surface area contributed by atoms with Crippen molar-refractivity contribution in [2.24, 2.45) is 5.73 Å². The molecule has 0 aromatic carbocycles. The molecule has 0 bridgehead atoms. The number of amides is 1. The maximum Gasteiger partial charge on any atom is 0.339 e. The van der Waals surface area contributed by atoms with Crippen molar-refractivity contribution in [2.45, 2.75) is 6.92 Å². The third-order valence-corrected chi connectivity index (χ3v) is 1.53. The highest BCUT2D eigenvalue weighted by Crippen LogP contribution is 2.03. The number of hydrogen-bond acceptors (Lipinski definition) is 4. The molecule has 0 aliphatic heterocycles. The Hall–Kier alpha value is -1.91. The van der Waals surface area contributed by atoms with Gasteiger partial charge in [-0.05, 0) is 13.0 Å². The first-order valence-electron chi connectivity index (χ1n) is 4.07. The Kier molecular flexibility index (Phi) is 3.17. The van der Waals surface area contributed by atoms with E-state index in [4.69, 9.17) is 10.5 Å². The largest absolute Gasteiger partial charge is 0.462 e. The molecule has 1 amide bonds. The van der Waals surface area contributed by atoms with Crippen LogP contribution in [0.1, 0.15) is 27.6 Å². The molecule has 74 valence electrons. The second-order valence-corrected chi connectivity index (χ2v) is 2.55. The molecular weight excluding hydrogens is 184 g/mol. The number of nitrogens with two attached hydrogens (primary N) is 1. The summed E-state index contributed by atoms with van der Waals surface area (Å²) in [6.45, 7) is 1.98. The number of primary amides is 1. The lowest BCUT2D eigenvalue weighted by atomic mass is 10.2. The van der Waals surface area contributed by atoms with Crippen molar-refractivity contribution >= 4 is 11.9 Å². The lowest BCUT2D eigenvalue weighted by molar-refractivity contribution is 0.0526. The highest BCUT2D eigenvalue weighted by molar-refractivity contribution is 5.96. The number of hydrogen-bond donors (Lipinski definition) is 1. The molecule has 1 heterocycles. The van der Waals surface area contributed by atoms with E-state index >= 15 is 0 Å². The summed E-state index contributed by atoms with van der Waals surface area (Å²) in [6, 6.07) is 1.35. The lowest BCUT2D eigenvalue weighted by Gasteiger charge is -2.01. The first-order chi connectivity index (χ1) is 6.65. The zero-order valence-corrected chi connectivity index (χ0v) is 7.69. The van der Waals surface area contributed by atoms with E-state index in [1.54, 1.807) is 6.92 Å². The van der Waals surface area contributed by atoms with Crippen LogP contribution in [0.5, 0.6) is 0 Å². The van der Waals surface area contributed by atoms with Crippen LogP contribution < -0.4 is 5.73 Å². The zero-order valence-electron chi connectivity index (χ0n) is 7.69. The molecule has 1 aromatic rings. The molecule has 5 nitrogen and oxygen atoms in total. The van der Waals surface area contributed by atoms with Gasteiger partial charge in [0.2, 0.25) is 5.91 Å². The van der Waals surface area contributed by atoms with E-state index in [1.165, 1.54) is 18.5 Å². The summed E-state index contributed by atoms with van der Waals surface area (Å²) < 4.78 is 4.73. The fourth-order valence-electron chi connectivity index (χ4n) is 0.901. The summed E-state index contributed by atoms with van der Waals surface area (Å²) in [5.41, 5.74) is 5.44. The molecular formula is C9H10N2O3. The van der Waals surface area contributed by atoms with Crippen molar-refractivity contribution < 1.29 is 14.3 Å². The molecule has 0 radical (unpaired) electrons. The van der Waals surface area contributed by atoms with Crippen LogP contribution in [0.2, 0.25) is 0 Å². The van der Waals surface area contributed by atoms with Crippen molar-refractivity contribution in [1.82, 2.24) is 4.98 Å². The molecule has 5 heteroatoms. The number of nitrogens with zero attached hydrogens (tertiary/aromatic N) is 1. The van der Waals surface area contributed by atoms with Crippen LogP contribution in [-0.4, -0.2) is 23.5 Å². The lowest BCUT2D eigenvalue weighted by Crippen LogP contribution is -2.13. The van der Waals surface area contributed by atoms with Gasteiger partial charge >= 0.3 is 5.97 Å². The van der Waals surface area contributed by atoms with Gasteiger partial charge in [0.1, 0.15) is 0 Å². The molecule has 1 rings (SSSR count). The Morgan fingerprint density at radius 2 is 2.07 bits per heavy atom. The van der Waals surface area contributed by atoms with Crippen LogP contribution in [-0.2, 0) is 4.74 Å². The zero-order chi connectivity index (χ0) is 10.6. The Balaban J connectivity index is 2.93. The molecule has 1 aromatic heterocycles. The van der Waals surface area contributed by atoms with Crippen molar-refractivity contribution in [3.63, 3.8) is 0 Å². The van der Waals surface area contributed by atoms with E-state index in [2.05, 4.69) is 4.98 Å². The summed E-state index contributed by atoms with van der Waals surface area (Å²) in [7, 11) is 0. The van der Waals surface area contributed by atoms with Crippen molar-refractivity contribution in [3.05, 3.63) is 29.6 Å². The first-order valence-corrected chi connectivity index (χ1v) is 4.07. The molecule has 0 saturated heterocycles. The van der Waals surface area contributed by atoms with Gasteiger partial charge in [0.15, 0.2) is 0 Å². The number of ether oxygens (including phenoxy) is 1. The van der Waals surface area contributed by atoms with E-state index in [-0.39, 0.29) is 17.7 Å². The van der Waals surface area contributed by atoms with E-state index in [9.17, 15) is 9.59 Å². The second kappa shape index (κ2) is 4.36. The van der Waals surface area contributed by atoms with E-state index < -0.39 is 11.9 Å². The summed E-state index contributed by atoms with van der Waals surface area (Å²) in [6.07, 6.45) is 2.62. The number of rotatable bonds is 3. The highest BCUT2D eigenvalue weighted by Gasteiger charge is 2.09. The Morgan fingerprint density at radius 1 is 1.43 bits per heavy atom. The Labute approximate surface area is 80.9 Å². The fourth-order valence-corrected chi connectivity index (χ4v) is 0.901. The highest BCUT2D eigenvalue weighted by atomic mass is 16.5. The van der Waals surface area contributed by atoms with Crippen LogP contribution >= 0.6 is 0 Å². The standard InChI is InChI=1S/C9H10N2O3/c1-2-14-9(13)7-3-6(8(10)12)4-11-5-7/h3-5H,2H2,1H3,(H2,10,12). The van der Waals surface area contributed by atoms with Gasteiger partial charge in [0.25, 0.3) is 0 Å². The van der Waals surface area contributed by atoms with E-state index in [0.717, 1.165) is 0 Å². The van der Waals surface area contributed by atoms with Crippen LogP contribution in [0.15, 0.2) is 18.5 Å². The van der Waals surface area contributed by atoms with E-state index in [0.29, 0.717) is 0 Å². The number of aromatic nitrogens is 1. The minimum Gasteiger partial charge on any atom is -0.462 e. The number of carbonyl (C=O) groups is 2. The van der Waals surface area contributed by atoms with Gasteiger partial charge in [-0.15, -0.1) is 0 Å². The average molecular weight is 194 g/mol. The van der Waals surface area contributed by atoms with Crippen molar-refractivity contribution in [2.75, 3.05) is 6.61 Å². The summed E-state index contributed by atoms with van der Waals surface area (Å²) in [5.74, 6) is -1.13. The molecule has 0 aliphatic rings. The molecule has 14 heavy (non-hydrogen) atoms. The van der Waals surface area contributed by atoms with Crippen LogP contribution in [0.25, 0.3) is 0 Å². The predicted molar refractivity (Wildman–Crippen MR) is 48.7 cm³/mol.